The van der Waals surface area contributed by atoms with Gasteiger partial charge in [-0.3, -0.25) is 4.90 Å². The molecule has 2 aliphatic rings. The van der Waals surface area contributed by atoms with Crippen LogP contribution in [0.5, 0.6) is 0 Å². The molecule has 0 aromatic carbocycles. The molecule has 0 spiro atoms. The first kappa shape index (κ1) is 12.9. The second-order valence-electron chi connectivity index (χ2n) is 5.54. The zero-order chi connectivity index (χ0) is 12.1. The van der Waals surface area contributed by atoms with E-state index in [-0.39, 0.29) is 12.1 Å². The molecular formula is C14H24N2O. The highest BCUT2D eigenvalue weighted by Crippen LogP contribution is 2.30. The minimum absolute atomic E-state index is 0.216. The summed E-state index contributed by atoms with van der Waals surface area (Å²) < 4.78 is 0. The Morgan fingerprint density at radius 1 is 1.00 bits per heavy atom. The van der Waals surface area contributed by atoms with Gasteiger partial charge in [0, 0.05) is 12.1 Å². The van der Waals surface area contributed by atoms with Gasteiger partial charge < -0.3 is 5.11 Å². The number of nitrogens with zero attached hydrogens (tertiary/aromatic N) is 2. The first-order chi connectivity index (χ1) is 8.33. The van der Waals surface area contributed by atoms with E-state index in [1.807, 2.05) is 0 Å². The molecule has 0 aromatic heterocycles. The normalized spacial score (nSPS) is 31.4. The Morgan fingerprint density at radius 2 is 1.65 bits per heavy atom. The molecule has 17 heavy (non-hydrogen) atoms. The Kier molecular flexibility index (Phi) is 4.82. The Morgan fingerprint density at radius 3 is 2.35 bits per heavy atom. The van der Waals surface area contributed by atoms with Crippen LogP contribution in [-0.2, 0) is 0 Å². The van der Waals surface area contributed by atoms with Crippen LogP contribution in [0.4, 0.5) is 0 Å². The smallest absolute Gasteiger partial charge is 0.0871 e. The fraction of sp³-hybridized carbons (Fsp3) is 0.929. The molecule has 1 N–H and O–H groups in total. The molecule has 96 valence electrons. The first-order valence-corrected chi connectivity index (χ1v) is 7.13. The van der Waals surface area contributed by atoms with Crippen molar-refractivity contribution in [2.75, 3.05) is 6.54 Å². The second kappa shape index (κ2) is 6.37. The molecule has 0 aromatic rings. The molecule has 2 rings (SSSR count). The van der Waals surface area contributed by atoms with E-state index < -0.39 is 0 Å². The summed E-state index contributed by atoms with van der Waals surface area (Å²) in [5.74, 6) is 0. The summed E-state index contributed by atoms with van der Waals surface area (Å²) in [6.07, 6.45) is 10.4. The van der Waals surface area contributed by atoms with Crippen molar-refractivity contribution in [2.24, 2.45) is 0 Å². The SMILES string of the molecule is N#CCN(C1CCCC1)C1CCCCCC1O. The molecule has 2 aliphatic carbocycles. The maximum Gasteiger partial charge on any atom is 0.0871 e. The lowest BCUT2D eigenvalue weighted by Crippen LogP contribution is -2.48. The fourth-order valence-electron chi connectivity index (χ4n) is 3.49. The van der Waals surface area contributed by atoms with Gasteiger partial charge in [0.2, 0.25) is 0 Å². The monoisotopic (exact) mass is 236 g/mol. The van der Waals surface area contributed by atoms with Crippen LogP contribution in [0.25, 0.3) is 0 Å². The van der Waals surface area contributed by atoms with Crippen LogP contribution in [0.2, 0.25) is 0 Å². The van der Waals surface area contributed by atoms with Crippen LogP contribution >= 0.6 is 0 Å². The number of aliphatic hydroxyl groups is 1. The minimum Gasteiger partial charge on any atom is -0.391 e. The lowest BCUT2D eigenvalue weighted by Gasteiger charge is -2.36. The summed E-state index contributed by atoms with van der Waals surface area (Å²) >= 11 is 0. The van der Waals surface area contributed by atoms with Gasteiger partial charge in [-0.05, 0) is 25.7 Å². The van der Waals surface area contributed by atoms with Gasteiger partial charge in [0.25, 0.3) is 0 Å². The standard InChI is InChI=1S/C14H24N2O/c15-10-11-16(12-6-4-5-7-12)13-8-2-1-3-9-14(13)17/h12-14,17H,1-9,11H2. The molecule has 0 saturated heterocycles. The third-order valence-electron chi connectivity index (χ3n) is 4.42. The highest BCUT2D eigenvalue weighted by molar-refractivity contribution is 4.92. The number of rotatable bonds is 3. The molecule has 2 atom stereocenters. The molecule has 2 unspecified atom stereocenters. The fourth-order valence-corrected chi connectivity index (χ4v) is 3.49. The van der Waals surface area contributed by atoms with Crippen LogP contribution in [0.15, 0.2) is 0 Å². The summed E-state index contributed by atoms with van der Waals surface area (Å²) in [6.45, 7) is 0.492. The Hall–Kier alpha value is -0.590. The molecule has 0 amide bonds. The van der Waals surface area contributed by atoms with E-state index in [1.54, 1.807) is 0 Å². The van der Waals surface area contributed by atoms with E-state index in [0.717, 1.165) is 19.3 Å². The van der Waals surface area contributed by atoms with Crippen molar-refractivity contribution >= 4 is 0 Å². The molecule has 3 heteroatoms. The van der Waals surface area contributed by atoms with E-state index in [9.17, 15) is 5.11 Å². The van der Waals surface area contributed by atoms with E-state index in [1.165, 1.54) is 38.5 Å². The van der Waals surface area contributed by atoms with Gasteiger partial charge in [0.1, 0.15) is 0 Å². The second-order valence-corrected chi connectivity index (χ2v) is 5.54. The van der Waals surface area contributed by atoms with Crippen molar-refractivity contribution in [1.29, 1.82) is 5.26 Å². The predicted octanol–water partition coefficient (Wildman–Crippen LogP) is 2.45. The summed E-state index contributed by atoms with van der Waals surface area (Å²) in [6, 6.07) is 3.08. The topological polar surface area (TPSA) is 47.3 Å². The van der Waals surface area contributed by atoms with Gasteiger partial charge in [-0.1, -0.05) is 32.1 Å². The molecule has 0 heterocycles. The average Bonchev–Trinajstić information content (AvgIpc) is 2.77. The van der Waals surface area contributed by atoms with E-state index in [2.05, 4.69) is 11.0 Å². The highest BCUT2D eigenvalue weighted by Gasteiger charge is 2.33. The zero-order valence-electron chi connectivity index (χ0n) is 10.6. The Labute approximate surface area is 104 Å². The maximum atomic E-state index is 10.3. The van der Waals surface area contributed by atoms with Crippen LogP contribution in [0, 0.1) is 11.3 Å². The lowest BCUT2D eigenvalue weighted by atomic mass is 10.0. The number of aliphatic hydroxyl groups excluding tert-OH is 1. The summed E-state index contributed by atoms with van der Waals surface area (Å²) in [5.41, 5.74) is 0. The predicted molar refractivity (Wildman–Crippen MR) is 67.5 cm³/mol. The maximum absolute atomic E-state index is 10.3. The molecule has 2 fully saturated rings. The van der Waals surface area contributed by atoms with Crippen molar-refractivity contribution in [3.05, 3.63) is 0 Å². The van der Waals surface area contributed by atoms with E-state index in [4.69, 9.17) is 5.26 Å². The molecule has 0 aliphatic heterocycles. The Bertz CT molecular complexity index is 268. The van der Waals surface area contributed by atoms with Crippen molar-refractivity contribution in [3.63, 3.8) is 0 Å². The molecule has 0 bridgehead atoms. The molecule has 0 radical (unpaired) electrons. The van der Waals surface area contributed by atoms with Crippen LogP contribution in [0.3, 0.4) is 0 Å². The summed E-state index contributed by atoms with van der Waals surface area (Å²) in [5, 5.41) is 19.3. The lowest BCUT2D eigenvalue weighted by molar-refractivity contribution is 0.0287. The minimum atomic E-state index is -0.216. The van der Waals surface area contributed by atoms with Crippen molar-refractivity contribution in [1.82, 2.24) is 4.90 Å². The summed E-state index contributed by atoms with van der Waals surface area (Å²) in [7, 11) is 0. The molecular weight excluding hydrogens is 212 g/mol. The van der Waals surface area contributed by atoms with Gasteiger partial charge in [-0.15, -0.1) is 0 Å². The van der Waals surface area contributed by atoms with Crippen LogP contribution in [-0.4, -0.2) is 34.7 Å². The Balaban J connectivity index is 2.04. The van der Waals surface area contributed by atoms with Gasteiger partial charge in [0.05, 0.1) is 18.7 Å². The third-order valence-corrected chi connectivity index (χ3v) is 4.42. The quantitative estimate of drug-likeness (QED) is 0.605. The zero-order valence-corrected chi connectivity index (χ0v) is 10.6. The van der Waals surface area contributed by atoms with E-state index in [0.29, 0.717) is 12.6 Å². The average molecular weight is 236 g/mol. The van der Waals surface area contributed by atoms with E-state index >= 15 is 0 Å². The van der Waals surface area contributed by atoms with Crippen LogP contribution in [0.1, 0.15) is 57.8 Å². The van der Waals surface area contributed by atoms with Gasteiger partial charge >= 0.3 is 0 Å². The van der Waals surface area contributed by atoms with Gasteiger partial charge in [0.15, 0.2) is 0 Å². The van der Waals surface area contributed by atoms with Crippen molar-refractivity contribution in [2.45, 2.75) is 76.0 Å². The number of nitriles is 1. The van der Waals surface area contributed by atoms with Crippen molar-refractivity contribution in [3.8, 4) is 6.07 Å². The third kappa shape index (κ3) is 3.20. The van der Waals surface area contributed by atoms with Gasteiger partial charge in [-0.2, -0.15) is 5.26 Å². The molecule has 3 nitrogen and oxygen atoms in total. The number of hydrogen-bond donors (Lipinski definition) is 1. The first-order valence-electron chi connectivity index (χ1n) is 7.13. The van der Waals surface area contributed by atoms with Gasteiger partial charge in [-0.25, -0.2) is 0 Å². The highest BCUT2D eigenvalue weighted by atomic mass is 16.3. The largest absolute Gasteiger partial charge is 0.391 e. The summed E-state index contributed by atoms with van der Waals surface area (Å²) in [4.78, 5) is 2.31. The molecule has 2 saturated carbocycles. The van der Waals surface area contributed by atoms with Crippen molar-refractivity contribution < 1.29 is 5.11 Å². The number of hydrogen-bond acceptors (Lipinski definition) is 3. The van der Waals surface area contributed by atoms with Crippen LogP contribution < -0.4 is 0 Å².